The summed E-state index contributed by atoms with van der Waals surface area (Å²) in [5, 5.41) is 19.9. The molecular formula is C34H52O6. The van der Waals surface area contributed by atoms with Crippen LogP contribution in [0.4, 0.5) is 0 Å². The number of carbonyl (C=O) groups excluding carboxylic acids is 2. The van der Waals surface area contributed by atoms with Crippen molar-refractivity contribution in [3.8, 4) is 0 Å². The Morgan fingerprint density at radius 2 is 1.77 bits per heavy atom. The first-order valence-corrected chi connectivity index (χ1v) is 14.7. The van der Waals surface area contributed by atoms with E-state index in [0.29, 0.717) is 32.1 Å². The van der Waals surface area contributed by atoms with Crippen molar-refractivity contribution in [3.05, 3.63) is 71.4 Å². The summed E-state index contributed by atoms with van der Waals surface area (Å²) in [6.45, 7) is 13.9. The molecule has 0 bridgehead atoms. The average molecular weight is 557 g/mol. The highest BCUT2D eigenvalue weighted by molar-refractivity contribution is 5.82. The molecule has 1 aliphatic rings. The molecule has 6 nitrogen and oxygen atoms in total. The van der Waals surface area contributed by atoms with Crippen LogP contribution in [0.25, 0.3) is 0 Å². The van der Waals surface area contributed by atoms with Crippen LogP contribution < -0.4 is 0 Å². The van der Waals surface area contributed by atoms with Crippen LogP contribution in [0.2, 0.25) is 0 Å². The molecule has 0 fully saturated rings. The number of ether oxygens (including phenoxy) is 2. The molecule has 0 aromatic heterocycles. The number of aliphatic hydroxyl groups is 2. The van der Waals surface area contributed by atoms with Crippen LogP contribution in [-0.4, -0.2) is 46.6 Å². The van der Waals surface area contributed by atoms with E-state index in [1.165, 1.54) is 6.08 Å². The molecule has 0 radical (unpaired) electrons. The lowest BCUT2D eigenvalue weighted by atomic mass is 9.94. The second-order valence-corrected chi connectivity index (χ2v) is 11.3. The number of esters is 2. The lowest BCUT2D eigenvalue weighted by molar-refractivity contribution is -0.151. The predicted molar refractivity (Wildman–Crippen MR) is 162 cm³/mol. The fourth-order valence-electron chi connectivity index (χ4n) is 4.38. The molecule has 224 valence electrons. The van der Waals surface area contributed by atoms with Crippen molar-refractivity contribution in [1.29, 1.82) is 0 Å². The SMILES string of the molecule is CCC[C@@H](O)[C@H](O)/C=C(C)/C=C/C=C(C)/C=C(C)/C=C/C(=O)O[C@H]1CCCC(=O)OC(C(C)C)C/C=C/C[C@@H]1C. The third-order valence-corrected chi connectivity index (χ3v) is 6.91. The van der Waals surface area contributed by atoms with E-state index in [9.17, 15) is 19.8 Å². The van der Waals surface area contributed by atoms with Crippen molar-refractivity contribution in [3.63, 3.8) is 0 Å². The maximum atomic E-state index is 12.6. The van der Waals surface area contributed by atoms with Gasteiger partial charge in [-0.2, -0.15) is 0 Å². The largest absolute Gasteiger partial charge is 0.462 e. The van der Waals surface area contributed by atoms with Crippen molar-refractivity contribution in [2.24, 2.45) is 11.8 Å². The van der Waals surface area contributed by atoms with Gasteiger partial charge in [-0.05, 0) is 58.3 Å². The van der Waals surface area contributed by atoms with E-state index in [2.05, 4.69) is 32.9 Å². The topological polar surface area (TPSA) is 93.1 Å². The van der Waals surface area contributed by atoms with E-state index < -0.39 is 18.2 Å². The summed E-state index contributed by atoms with van der Waals surface area (Å²) in [7, 11) is 0. The molecular weight excluding hydrogens is 504 g/mol. The fourth-order valence-corrected chi connectivity index (χ4v) is 4.38. The summed E-state index contributed by atoms with van der Waals surface area (Å²) in [4.78, 5) is 24.9. The predicted octanol–water partition coefficient (Wildman–Crippen LogP) is 7.10. The van der Waals surface area contributed by atoms with Crippen LogP contribution in [0.15, 0.2) is 71.4 Å². The first kappa shape index (κ1) is 35.3. The Morgan fingerprint density at radius 3 is 2.45 bits per heavy atom. The molecule has 5 atom stereocenters. The number of cyclic esters (lactones) is 1. The van der Waals surface area contributed by atoms with E-state index in [4.69, 9.17) is 9.47 Å². The second-order valence-electron chi connectivity index (χ2n) is 11.3. The maximum absolute atomic E-state index is 12.6. The molecule has 0 amide bonds. The Labute approximate surface area is 242 Å². The molecule has 0 aliphatic carbocycles. The van der Waals surface area contributed by atoms with Crippen LogP contribution >= 0.6 is 0 Å². The zero-order valence-corrected chi connectivity index (χ0v) is 25.6. The highest BCUT2D eigenvalue weighted by atomic mass is 16.5. The van der Waals surface area contributed by atoms with Gasteiger partial charge in [0.25, 0.3) is 0 Å². The summed E-state index contributed by atoms with van der Waals surface area (Å²) < 4.78 is 11.4. The third-order valence-electron chi connectivity index (χ3n) is 6.91. The number of allylic oxidation sites excluding steroid dienone is 9. The minimum absolute atomic E-state index is 0.103. The molecule has 1 heterocycles. The number of hydrogen-bond donors (Lipinski definition) is 2. The van der Waals surface area contributed by atoms with Crippen LogP contribution in [0, 0.1) is 11.8 Å². The number of rotatable bonds is 11. The van der Waals surface area contributed by atoms with Gasteiger partial charge in [0.15, 0.2) is 0 Å². The fraction of sp³-hybridized carbons (Fsp3) is 0.588. The van der Waals surface area contributed by atoms with Gasteiger partial charge in [0, 0.05) is 18.9 Å². The van der Waals surface area contributed by atoms with Crippen molar-refractivity contribution in [2.45, 2.75) is 118 Å². The van der Waals surface area contributed by atoms with Crippen LogP contribution in [-0.2, 0) is 19.1 Å². The van der Waals surface area contributed by atoms with Gasteiger partial charge >= 0.3 is 11.9 Å². The molecule has 6 heteroatoms. The zero-order valence-electron chi connectivity index (χ0n) is 25.6. The van der Waals surface area contributed by atoms with E-state index in [1.54, 1.807) is 12.2 Å². The summed E-state index contributed by atoms with van der Waals surface area (Å²) in [6, 6.07) is 0. The Balaban J connectivity index is 2.73. The molecule has 40 heavy (non-hydrogen) atoms. The number of aliphatic hydroxyl groups excluding tert-OH is 2. The van der Waals surface area contributed by atoms with Crippen LogP contribution in [0.1, 0.15) is 93.4 Å². The van der Waals surface area contributed by atoms with Crippen molar-refractivity contribution < 1.29 is 29.3 Å². The molecule has 1 rings (SSSR count). The Morgan fingerprint density at radius 1 is 1.07 bits per heavy atom. The van der Waals surface area contributed by atoms with E-state index in [1.807, 2.05) is 52.0 Å². The van der Waals surface area contributed by atoms with Crippen molar-refractivity contribution >= 4 is 11.9 Å². The van der Waals surface area contributed by atoms with Crippen LogP contribution in [0.5, 0.6) is 0 Å². The Hall–Kier alpha value is -2.70. The highest BCUT2D eigenvalue weighted by Gasteiger charge is 2.23. The monoisotopic (exact) mass is 556 g/mol. The molecule has 0 saturated carbocycles. The van der Waals surface area contributed by atoms with Gasteiger partial charge < -0.3 is 19.7 Å². The minimum atomic E-state index is -0.874. The summed E-state index contributed by atoms with van der Waals surface area (Å²) in [5.74, 6) is -0.184. The van der Waals surface area contributed by atoms with Gasteiger partial charge in [-0.1, -0.05) is 99.4 Å². The first-order valence-electron chi connectivity index (χ1n) is 14.7. The molecule has 0 aromatic rings. The van der Waals surface area contributed by atoms with Gasteiger partial charge in [0.1, 0.15) is 12.2 Å². The van der Waals surface area contributed by atoms with Crippen molar-refractivity contribution in [1.82, 2.24) is 0 Å². The minimum Gasteiger partial charge on any atom is -0.462 e. The maximum Gasteiger partial charge on any atom is 0.331 e. The summed E-state index contributed by atoms with van der Waals surface area (Å²) in [6.07, 6.45) is 19.1. The quantitative estimate of drug-likeness (QED) is 0.122. The third kappa shape index (κ3) is 15.2. The van der Waals surface area contributed by atoms with Crippen LogP contribution in [0.3, 0.4) is 0 Å². The standard InChI is InChI=1S/C34H52O6/c1-8-13-29(35)30(36)23-26(5)15-11-14-25(4)22-27(6)20-21-34(38)40-32-18-12-19-33(37)39-31(24(2)3)17-10-9-16-28(32)7/h9-11,14-15,20-24,28-32,35-36H,8,12-13,16-19H2,1-7H3/b10-9+,15-11+,21-20+,25-14+,26-23+,27-22+/t28-,29+,30+,31?,32-/m0/s1. The van der Waals surface area contributed by atoms with Gasteiger partial charge in [0.2, 0.25) is 0 Å². The number of carbonyl (C=O) groups is 2. The molecule has 0 aromatic carbocycles. The zero-order chi connectivity index (χ0) is 30.1. The van der Waals surface area contributed by atoms with Gasteiger partial charge in [0.05, 0.1) is 12.2 Å². The molecule has 2 N–H and O–H groups in total. The van der Waals surface area contributed by atoms with E-state index in [-0.39, 0.29) is 30.0 Å². The Bertz CT molecular complexity index is 965. The van der Waals surface area contributed by atoms with Gasteiger partial charge in [-0.25, -0.2) is 4.79 Å². The molecule has 1 aliphatic heterocycles. The molecule has 0 saturated heterocycles. The first-order chi connectivity index (χ1) is 18.9. The Kier molecular flexibility index (Phi) is 17.1. The van der Waals surface area contributed by atoms with Gasteiger partial charge in [-0.3, -0.25) is 4.79 Å². The summed E-state index contributed by atoms with van der Waals surface area (Å²) in [5.41, 5.74) is 2.77. The lowest BCUT2D eigenvalue weighted by Gasteiger charge is -2.24. The molecule has 1 unspecified atom stereocenters. The number of hydrogen-bond acceptors (Lipinski definition) is 6. The lowest BCUT2D eigenvalue weighted by Crippen LogP contribution is -2.26. The average Bonchev–Trinajstić information content (AvgIpc) is 2.87. The van der Waals surface area contributed by atoms with Gasteiger partial charge in [-0.15, -0.1) is 0 Å². The smallest absolute Gasteiger partial charge is 0.331 e. The van der Waals surface area contributed by atoms with E-state index >= 15 is 0 Å². The summed E-state index contributed by atoms with van der Waals surface area (Å²) >= 11 is 0. The van der Waals surface area contributed by atoms with Crippen molar-refractivity contribution in [2.75, 3.05) is 0 Å². The second kappa shape index (κ2) is 19.4. The molecule has 0 spiro atoms. The highest BCUT2D eigenvalue weighted by Crippen LogP contribution is 2.22. The normalized spacial score (nSPS) is 24.9. The van der Waals surface area contributed by atoms with E-state index in [0.717, 1.165) is 29.6 Å².